The molecule has 4 N–H and O–H groups in total. The van der Waals surface area contributed by atoms with E-state index in [1.54, 1.807) is 17.6 Å². The normalized spacial score (nSPS) is 10.6. The molecule has 3 rings (SSSR count). The number of hydrogen-bond donors (Lipinski definition) is 3. The number of nitrogens with one attached hydrogen (secondary N) is 2. The molecule has 1 aromatic carbocycles. The summed E-state index contributed by atoms with van der Waals surface area (Å²) in [5.74, 6) is -0.616. The van der Waals surface area contributed by atoms with Crippen molar-refractivity contribution >= 4 is 55.8 Å². The molecule has 0 saturated heterocycles. The van der Waals surface area contributed by atoms with Crippen molar-refractivity contribution in [2.45, 2.75) is 5.16 Å². The number of halogens is 1. The van der Waals surface area contributed by atoms with Crippen molar-refractivity contribution in [1.82, 2.24) is 9.97 Å². The van der Waals surface area contributed by atoms with Crippen LogP contribution in [0.5, 0.6) is 0 Å². The van der Waals surface area contributed by atoms with Crippen molar-refractivity contribution in [3.8, 4) is 11.3 Å². The summed E-state index contributed by atoms with van der Waals surface area (Å²) in [4.78, 5) is 30.8. The van der Waals surface area contributed by atoms with E-state index in [-0.39, 0.29) is 11.7 Å². The Hall–Kier alpha value is -2.10. The Bertz CT molecular complexity index is 905. The summed E-state index contributed by atoms with van der Waals surface area (Å²) < 4.78 is 1.01. The van der Waals surface area contributed by atoms with Crippen LogP contribution in [0.3, 0.4) is 0 Å². The van der Waals surface area contributed by atoms with Crippen molar-refractivity contribution in [2.75, 3.05) is 11.1 Å². The molecule has 0 saturated carbocycles. The second kappa shape index (κ2) is 7.85. The molecule has 0 radical (unpaired) electrons. The van der Waals surface area contributed by atoms with Crippen LogP contribution in [0.4, 0.5) is 5.00 Å². The van der Waals surface area contributed by atoms with Gasteiger partial charge in [0.1, 0.15) is 5.00 Å². The summed E-state index contributed by atoms with van der Waals surface area (Å²) in [5, 5.41) is 5.52. The molecule has 0 bridgehead atoms. The van der Waals surface area contributed by atoms with Crippen LogP contribution in [0, 0.1) is 0 Å². The van der Waals surface area contributed by atoms with E-state index in [9.17, 15) is 9.59 Å². The number of carbonyl (C=O) groups excluding carboxylic acids is 2. The Morgan fingerprint density at radius 1 is 1.28 bits per heavy atom. The lowest BCUT2D eigenvalue weighted by atomic mass is 10.2. The van der Waals surface area contributed by atoms with Gasteiger partial charge in [-0.25, -0.2) is 4.98 Å². The third-order valence-electron chi connectivity index (χ3n) is 3.23. The number of amides is 2. The first-order valence-electron chi connectivity index (χ1n) is 7.14. The Morgan fingerprint density at radius 2 is 2.04 bits per heavy atom. The van der Waals surface area contributed by atoms with E-state index in [4.69, 9.17) is 5.73 Å². The number of benzene rings is 1. The van der Waals surface area contributed by atoms with Crippen LogP contribution in [0.15, 0.2) is 51.5 Å². The van der Waals surface area contributed by atoms with Gasteiger partial charge in [0.2, 0.25) is 5.91 Å². The fourth-order valence-electron chi connectivity index (χ4n) is 2.05. The highest BCUT2D eigenvalue weighted by Gasteiger charge is 2.13. The highest BCUT2D eigenvalue weighted by Crippen LogP contribution is 2.25. The second-order valence-corrected chi connectivity index (χ2v) is 7.77. The summed E-state index contributed by atoms with van der Waals surface area (Å²) in [7, 11) is 0. The summed E-state index contributed by atoms with van der Waals surface area (Å²) in [6.45, 7) is 0. The van der Waals surface area contributed by atoms with Crippen LogP contribution in [-0.2, 0) is 4.79 Å². The topological polar surface area (TPSA) is 101 Å². The van der Waals surface area contributed by atoms with Gasteiger partial charge in [0, 0.05) is 4.47 Å². The molecule has 3 aromatic rings. The summed E-state index contributed by atoms with van der Waals surface area (Å²) >= 11 is 5.94. The van der Waals surface area contributed by atoms with E-state index in [0.717, 1.165) is 15.7 Å². The number of nitrogens with zero attached hydrogens (tertiary/aromatic N) is 1. The number of thioether (sulfide) groups is 1. The largest absolute Gasteiger partial charge is 0.366 e. The lowest BCUT2D eigenvalue weighted by Crippen LogP contribution is -2.17. The zero-order chi connectivity index (χ0) is 17.8. The molecule has 0 aliphatic rings. The van der Waals surface area contributed by atoms with Gasteiger partial charge in [0.05, 0.1) is 23.2 Å². The van der Waals surface area contributed by atoms with E-state index in [1.165, 1.54) is 23.1 Å². The van der Waals surface area contributed by atoms with Crippen LogP contribution < -0.4 is 11.1 Å². The SMILES string of the molecule is NC(=O)c1ccsc1NC(=O)CSc1ncc(-c2ccc(Br)cc2)[nH]1. The quantitative estimate of drug-likeness (QED) is 0.512. The molecule has 0 spiro atoms. The van der Waals surface area contributed by atoms with Crippen molar-refractivity contribution < 1.29 is 9.59 Å². The van der Waals surface area contributed by atoms with Crippen molar-refractivity contribution in [3.63, 3.8) is 0 Å². The number of imidazole rings is 1. The summed E-state index contributed by atoms with van der Waals surface area (Å²) in [5.41, 5.74) is 7.47. The Balaban J connectivity index is 1.58. The van der Waals surface area contributed by atoms with Crippen LogP contribution in [0.2, 0.25) is 0 Å². The van der Waals surface area contributed by atoms with Gasteiger partial charge >= 0.3 is 0 Å². The maximum Gasteiger partial charge on any atom is 0.251 e. The van der Waals surface area contributed by atoms with Gasteiger partial charge in [-0.3, -0.25) is 9.59 Å². The number of thiophene rings is 1. The molecule has 0 atom stereocenters. The minimum atomic E-state index is -0.561. The molecule has 2 amide bonds. The van der Waals surface area contributed by atoms with Gasteiger partial charge < -0.3 is 16.0 Å². The minimum absolute atomic E-state index is 0.170. The molecule has 25 heavy (non-hydrogen) atoms. The van der Waals surface area contributed by atoms with E-state index in [1.807, 2.05) is 24.3 Å². The van der Waals surface area contributed by atoms with Crippen LogP contribution in [0.1, 0.15) is 10.4 Å². The van der Waals surface area contributed by atoms with Gasteiger partial charge in [0.25, 0.3) is 5.91 Å². The second-order valence-electron chi connectivity index (χ2n) is 4.97. The van der Waals surface area contributed by atoms with Gasteiger partial charge in [-0.15, -0.1) is 11.3 Å². The van der Waals surface area contributed by atoms with Crippen LogP contribution in [-0.4, -0.2) is 27.5 Å². The standard InChI is InChI=1S/C16H13BrN4O2S2/c17-10-3-1-9(2-4-10)12-7-19-16(20-12)25-8-13(22)21-15-11(14(18)23)5-6-24-15/h1-7H,8H2,(H2,18,23)(H,19,20)(H,21,22). The van der Waals surface area contributed by atoms with E-state index in [0.29, 0.717) is 15.7 Å². The number of carbonyl (C=O) groups is 2. The molecule has 2 aromatic heterocycles. The Morgan fingerprint density at radius 3 is 2.76 bits per heavy atom. The van der Waals surface area contributed by atoms with E-state index < -0.39 is 5.91 Å². The molecule has 0 unspecified atom stereocenters. The molecule has 6 nitrogen and oxygen atoms in total. The average molecular weight is 437 g/mol. The Labute approximate surface area is 160 Å². The van der Waals surface area contributed by atoms with Crippen LogP contribution in [0.25, 0.3) is 11.3 Å². The third kappa shape index (κ3) is 4.50. The molecule has 0 aliphatic heterocycles. The highest BCUT2D eigenvalue weighted by atomic mass is 79.9. The van der Waals surface area contributed by atoms with Crippen molar-refractivity contribution in [3.05, 3.63) is 51.9 Å². The smallest absolute Gasteiger partial charge is 0.251 e. The van der Waals surface area contributed by atoms with Crippen LogP contribution >= 0.6 is 39.0 Å². The van der Waals surface area contributed by atoms with Crippen molar-refractivity contribution in [1.29, 1.82) is 0 Å². The van der Waals surface area contributed by atoms with Gasteiger partial charge in [-0.05, 0) is 29.1 Å². The summed E-state index contributed by atoms with van der Waals surface area (Å²) in [6, 6.07) is 9.44. The number of nitrogens with two attached hydrogens (primary N) is 1. The molecule has 0 fully saturated rings. The molecule has 9 heteroatoms. The minimum Gasteiger partial charge on any atom is -0.366 e. The van der Waals surface area contributed by atoms with E-state index in [2.05, 4.69) is 31.2 Å². The van der Waals surface area contributed by atoms with Gasteiger partial charge in [-0.1, -0.05) is 39.8 Å². The number of hydrogen-bond acceptors (Lipinski definition) is 5. The maximum atomic E-state index is 12.0. The molecule has 128 valence electrons. The first-order valence-corrected chi connectivity index (χ1v) is 9.79. The zero-order valence-corrected chi connectivity index (χ0v) is 16.0. The lowest BCUT2D eigenvalue weighted by molar-refractivity contribution is -0.113. The number of anilines is 1. The predicted molar refractivity (Wildman–Crippen MR) is 104 cm³/mol. The van der Waals surface area contributed by atoms with Gasteiger partial charge in [0.15, 0.2) is 5.16 Å². The highest BCUT2D eigenvalue weighted by molar-refractivity contribution is 9.10. The lowest BCUT2D eigenvalue weighted by Gasteiger charge is -2.03. The molecule has 0 aliphatic carbocycles. The number of H-pyrrole nitrogens is 1. The first kappa shape index (κ1) is 17.7. The summed E-state index contributed by atoms with van der Waals surface area (Å²) in [6.07, 6.45) is 1.73. The molecular formula is C16H13BrN4O2S2. The third-order valence-corrected chi connectivity index (χ3v) is 5.48. The number of rotatable bonds is 6. The maximum absolute atomic E-state index is 12.0. The average Bonchev–Trinajstić information content (AvgIpc) is 3.23. The molecule has 2 heterocycles. The van der Waals surface area contributed by atoms with Crippen molar-refractivity contribution in [2.24, 2.45) is 5.73 Å². The number of aromatic amines is 1. The fraction of sp³-hybridized carbons (Fsp3) is 0.0625. The molecular weight excluding hydrogens is 424 g/mol. The first-order chi connectivity index (χ1) is 12.0. The predicted octanol–water partition coefficient (Wildman–Crippen LogP) is 3.73. The fourth-order valence-corrected chi connectivity index (χ4v) is 3.77. The zero-order valence-electron chi connectivity index (χ0n) is 12.8. The Kier molecular flexibility index (Phi) is 5.57. The number of primary amides is 1. The van der Waals surface area contributed by atoms with E-state index >= 15 is 0 Å². The number of aromatic nitrogens is 2. The van der Waals surface area contributed by atoms with Gasteiger partial charge in [-0.2, -0.15) is 0 Å². The monoisotopic (exact) mass is 436 g/mol.